The van der Waals surface area contributed by atoms with Crippen LogP contribution in [0.4, 0.5) is 0 Å². The summed E-state index contributed by atoms with van der Waals surface area (Å²) in [4.78, 5) is 9.51. The maximum Gasteiger partial charge on any atom is 0.193 e. The normalized spacial score (nSPS) is 26.3. The molecular weight excluding hydrogens is 288 g/mol. The van der Waals surface area contributed by atoms with Crippen molar-refractivity contribution in [1.82, 2.24) is 15.1 Å². The summed E-state index contributed by atoms with van der Waals surface area (Å²) < 4.78 is 5.74. The van der Waals surface area contributed by atoms with E-state index in [4.69, 9.17) is 4.74 Å². The Balaban J connectivity index is 1.77. The summed E-state index contributed by atoms with van der Waals surface area (Å²) in [6.45, 7) is 11.9. The average molecular weight is 325 g/mol. The van der Waals surface area contributed by atoms with Gasteiger partial charge in [-0.1, -0.05) is 6.42 Å². The molecule has 2 heterocycles. The maximum absolute atomic E-state index is 5.74. The number of hydrogen-bond donors (Lipinski definition) is 1. The first-order valence-corrected chi connectivity index (χ1v) is 9.48. The van der Waals surface area contributed by atoms with E-state index in [1.54, 1.807) is 0 Å². The van der Waals surface area contributed by atoms with Crippen LogP contribution >= 0.6 is 0 Å². The van der Waals surface area contributed by atoms with Gasteiger partial charge in [0.1, 0.15) is 0 Å². The van der Waals surface area contributed by atoms with E-state index in [9.17, 15) is 0 Å². The standard InChI is InChI=1S/C18H36N4O/c1-5-23-17-9-12-21(13-10-17)18(19-4)20-14-16(3)22-11-7-6-8-15(22)2/h15-17H,5-14H2,1-4H3,(H,19,20). The molecule has 0 radical (unpaired) electrons. The van der Waals surface area contributed by atoms with Gasteiger partial charge in [0.15, 0.2) is 5.96 Å². The van der Waals surface area contributed by atoms with Crippen molar-refractivity contribution in [3.8, 4) is 0 Å². The third-order valence-corrected chi connectivity index (χ3v) is 5.33. The Morgan fingerprint density at radius 3 is 2.57 bits per heavy atom. The molecule has 0 bridgehead atoms. The number of ether oxygens (including phenoxy) is 1. The second-order valence-electron chi connectivity index (χ2n) is 7.00. The highest BCUT2D eigenvalue weighted by Crippen LogP contribution is 2.19. The van der Waals surface area contributed by atoms with E-state index in [2.05, 4.69) is 40.9 Å². The summed E-state index contributed by atoms with van der Waals surface area (Å²) in [7, 11) is 1.89. The van der Waals surface area contributed by atoms with Gasteiger partial charge in [-0.25, -0.2) is 0 Å². The van der Waals surface area contributed by atoms with Gasteiger partial charge < -0.3 is 15.0 Å². The smallest absolute Gasteiger partial charge is 0.193 e. The fourth-order valence-corrected chi connectivity index (χ4v) is 3.93. The molecule has 1 N–H and O–H groups in total. The second kappa shape index (κ2) is 9.48. The molecule has 0 saturated carbocycles. The summed E-state index contributed by atoms with van der Waals surface area (Å²) in [5, 5.41) is 3.60. The zero-order valence-electron chi connectivity index (χ0n) is 15.6. The molecule has 5 nitrogen and oxygen atoms in total. The molecular formula is C18H36N4O. The lowest BCUT2D eigenvalue weighted by Gasteiger charge is -2.39. The Bertz CT molecular complexity index is 366. The lowest BCUT2D eigenvalue weighted by molar-refractivity contribution is 0.0262. The zero-order valence-corrected chi connectivity index (χ0v) is 15.6. The van der Waals surface area contributed by atoms with Crippen molar-refractivity contribution in [2.75, 3.05) is 39.8 Å². The molecule has 2 atom stereocenters. The van der Waals surface area contributed by atoms with E-state index in [-0.39, 0.29) is 0 Å². The van der Waals surface area contributed by atoms with Gasteiger partial charge in [-0.3, -0.25) is 9.89 Å². The topological polar surface area (TPSA) is 40.1 Å². The Labute approximate surface area is 142 Å². The second-order valence-corrected chi connectivity index (χ2v) is 7.00. The number of piperidine rings is 2. The van der Waals surface area contributed by atoms with Crippen LogP contribution in [0.15, 0.2) is 4.99 Å². The molecule has 2 aliphatic heterocycles. The molecule has 2 saturated heterocycles. The number of likely N-dealkylation sites (tertiary alicyclic amines) is 2. The molecule has 2 unspecified atom stereocenters. The first-order valence-electron chi connectivity index (χ1n) is 9.48. The summed E-state index contributed by atoms with van der Waals surface area (Å²) in [5.41, 5.74) is 0. The number of guanidine groups is 1. The molecule has 0 aliphatic carbocycles. The van der Waals surface area contributed by atoms with Crippen LogP contribution in [0.2, 0.25) is 0 Å². The van der Waals surface area contributed by atoms with Crippen molar-refractivity contribution in [3.63, 3.8) is 0 Å². The minimum Gasteiger partial charge on any atom is -0.378 e. The lowest BCUT2D eigenvalue weighted by Crippen LogP contribution is -2.52. The molecule has 0 aromatic heterocycles. The maximum atomic E-state index is 5.74. The number of rotatable bonds is 5. The van der Waals surface area contributed by atoms with E-state index in [0.717, 1.165) is 45.0 Å². The molecule has 5 heteroatoms. The van der Waals surface area contributed by atoms with Gasteiger partial charge in [0.25, 0.3) is 0 Å². The van der Waals surface area contributed by atoms with Crippen molar-refractivity contribution in [2.45, 2.75) is 71.1 Å². The van der Waals surface area contributed by atoms with Crippen molar-refractivity contribution >= 4 is 5.96 Å². The molecule has 0 aromatic rings. The third kappa shape index (κ3) is 5.35. The minimum absolute atomic E-state index is 0.433. The summed E-state index contributed by atoms with van der Waals surface area (Å²) in [6, 6.07) is 1.27. The molecule has 134 valence electrons. The van der Waals surface area contributed by atoms with Crippen LogP contribution < -0.4 is 5.32 Å². The van der Waals surface area contributed by atoms with Gasteiger partial charge in [-0.15, -0.1) is 0 Å². The summed E-state index contributed by atoms with van der Waals surface area (Å²) in [6.07, 6.45) is 6.70. The fourth-order valence-electron chi connectivity index (χ4n) is 3.93. The van der Waals surface area contributed by atoms with Gasteiger partial charge in [0.2, 0.25) is 0 Å². The van der Waals surface area contributed by atoms with E-state index < -0.39 is 0 Å². The highest BCUT2D eigenvalue weighted by Gasteiger charge is 2.25. The number of nitrogens with one attached hydrogen (secondary N) is 1. The Kier molecular flexibility index (Phi) is 7.63. The SMILES string of the molecule is CCOC1CCN(C(=NC)NCC(C)N2CCCCC2C)CC1. The Morgan fingerprint density at radius 1 is 1.22 bits per heavy atom. The van der Waals surface area contributed by atoms with Crippen LogP contribution in [0.3, 0.4) is 0 Å². The van der Waals surface area contributed by atoms with E-state index >= 15 is 0 Å². The lowest BCUT2D eigenvalue weighted by atomic mass is 10.0. The average Bonchev–Trinajstić information content (AvgIpc) is 2.57. The van der Waals surface area contributed by atoms with Crippen molar-refractivity contribution < 1.29 is 4.74 Å². The largest absolute Gasteiger partial charge is 0.378 e. The predicted molar refractivity (Wildman–Crippen MR) is 97.1 cm³/mol. The summed E-state index contributed by atoms with van der Waals surface area (Å²) >= 11 is 0. The number of hydrogen-bond acceptors (Lipinski definition) is 3. The van der Waals surface area contributed by atoms with E-state index in [1.807, 2.05) is 7.05 Å². The first-order chi connectivity index (χ1) is 11.2. The highest BCUT2D eigenvalue weighted by molar-refractivity contribution is 5.80. The highest BCUT2D eigenvalue weighted by atomic mass is 16.5. The molecule has 0 aromatic carbocycles. The number of nitrogens with zero attached hydrogens (tertiary/aromatic N) is 3. The van der Waals surface area contributed by atoms with Crippen LogP contribution in [-0.4, -0.2) is 73.8 Å². The van der Waals surface area contributed by atoms with Crippen molar-refractivity contribution in [2.24, 2.45) is 4.99 Å². The van der Waals surface area contributed by atoms with Crippen LogP contribution in [0.5, 0.6) is 0 Å². The molecule has 0 amide bonds. The van der Waals surface area contributed by atoms with Gasteiger partial charge in [-0.2, -0.15) is 0 Å². The van der Waals surface area contributed by atoms with Crippen LogP contribution in [0.1, 0.15) is 52.9 Å². The minimum atomic E-state index is 0.433. The van der Waals surface area contributed by atoms with Crippen molar-refractivity contribution in [3.05, 3.63) is 0 Å². The van der Waals surface area contributed by atoms with Crippen LogP contribution in [0, 0.1) is 0 Å². The molecule has 2 fully saturated rings. The van der Waals surface area contributed by atoms with Gasteiger partial charge in [0.05, 0.1) is 6.10 Å². The van der Waals surface area contributed by atoms with E-state index in [1.165, 1.54) is 25.8 Å². The fraction of sp³-hybridized carbons (Fsp3) is 0.944. The van der Waals surface area contributed by atoms with Crippen molar-refractivity contribution in [1.29, 1.82) is 0 Å². The zero-order chi connectivity index (χ0) is 16.7. The monoisotopic (exact) mass is 324 g/mol. The molecule has 2 rings (SSSR count). The molecule has 0 spiro atoms. The predicted octanol–water partition coefficient (Wildman–Crippen LogP) is 2.33. The Morgan fingerprint density at radius 2 is 1.96 bits per heavy atom. The van der Waals surface area contributed by atoms with Gasteiger partial charge in [-0.05, 0) is 53.0 Å². The summed E-state index contributed by atoms with van der Waals surface area (Å²) in [5.74, 6) is 1.05. The first kappa shape index (κ1) is 18.5. The van der Waals surface area contributed by atoms with Gasteiger partial charge >= 0.3 is 0 Å². The van der Waals surface area contributed by atoms with Crippen LogP contribution in [0.25, 0.3) is 0 Å². The van der Waals surface area contributed by atoms with Gasteiger partial charge in [0, 0.05) is 45.4 Å². The number of aliphatic imine (C=N–C) groups is 1. The quantitative estimate of drug-likeness (QED) is 0.622. The van der Waals surface area contributed by atoms with Crippen LogP contribution in [-0.2, 0) is 4.74 Å². The van der Waals surface area contributed by atoms with E-state index in [0.29, 0.717) is 18.2 Å². The third-order valence-electron chi connectivity index (χ3n) is 5.33. The Hall–Kier alpha value is -0.810. The molecule has 23 heavy (non-hydrogen) atoms. The molecule has 2 aliphatic rings.